The van der Waals surface area contributed by atoms with Gasteiger partial charge in [-0.1, -0.05) is 30.3 Å². The molecule has 24 heavy (non-hydrogen) atoms. The Hall–Kier alpha value is -2.31. The Kier molecular flexibility index (Phi) is 6.00. The zero-order valence-corrected chi connectivity index (χ0v) is 13.1. The molecule has 1 N–H and O–H groups in total. The second-order valence-corrected chi connectivity index (χ2v) is 5.55. The van der Waals surface area contributed by atoms with Crippen LogP contribution in [0.5, 0.6) is 0 Å². The van der Waals surface area contributed by atoms with E-state index in [-0.39, 0.29) is 24.4 Å². The fourth-order valence-corrected chi connectivity index (χ4v) is 2.55. The van der Waals surface area contributed by atoms with Crippen molar-refractivity contribution in [3.8, 4) is 0 Å². The molecule has 0 aliphatic carbocycles. The van der Waals surface area contributed by atoms with Crippen molar-refractivity contribution >= 4 is 17.4 Å². The van der Waals surface area contributed by atoms with E-state index in [4.69, 9.17) is 0 Å². The lowest BCUT2D eigenvalue weighted by Gasteiger charge is -2.15. The quantitative estimate of drug-likeness (QED) is 0.838. The molecule has 4 nitrogen and oxygen atoms in total. The molecule has 2 rings (SSSR count). The van der Waals surface area contributed by atoms with Crippen molar-refractivity contribution in [2.24, 2.45) is 0 Å². The van der Waals surface area contributed by atoms with Crippen molar-refractivity contribution in [1.82, 2.24) is 10.2 Å². The van der Waals surface area contributed by atoms with E-state index >= 15 is 0 Å². The molecule has 1 aliphatic heterocycles. The molecule has 1 aliphatic rings. The summed E-state index contributed by atoms with van der Waals surface area (Å²) in [6, 6.07) is 7.14. The minimum Gasteiger partial charge on any atom is -0.352 e. The fourth-order valence-electron chi connectivity index (χ4n) is 2.55. The predicted octanol–water partition coefficient (Wildman–Crippen LogP) is 2.76. The first kappa shape index (κ1) is 18.0. The average Bonchev–Trinajstić information content (AvgIpc) is 3.07. The first-order chi connectivity index (χ1) is 11.4. The Balaban J connectivity index is 1.94. The molecule has 1 fully saturated rings. The number of halogens is 3. The summed E-state index contributed by atoms with van der Waals surface area (Å²) in [6.45, 7) is 1.43. The number of hydrogen-bond acceptors (Lipinski definition) is 2. The fraction of sp³-hybridized carbons (Fsp3) is 0.412. The second-order valence-electron chi connectivity index (χ2n) is 5.55. The van der Waals surface area contributed by atoms with Crippen molar-refractivity contribution in [3.05, 3.63) is 42.0 Å². The first-order valence-corrected chi connectivity index (χ1v) is 7.78. The first-order valence-electron chi connectivity index (χ1n) is 7.78. The maximum absolute atomic E-state index is 13.1. The molecule has 0 unspecified atom stereocenters. The number of benzene rings is 1. The van der Waals surface area contributed by atoms with E-state index in [0.717, 1.165) is 12.8 Å². The van der Waals surface area contributed by atoms with Gasteiger partial charge in [-0.25, -0.2) is 0 Å². The lowest BCUT2D eigenvalue weighted by molar-refractivity contribution is -0.130. The van der Waals surface area contributed by atoms with E-state index < -0.39 is 17.7 Å². The van der Waals surface area contributed by atoms with Gasteiger partial charge in [0.2, 0.25) is 11.8 Å². The van der Waals surface area contributed by atoms with Gasteiger partial charge in [-0.05, 0) is 18.4 Å². The minimum atomic E-state index is -4.63. The number of hydrogen-bond donors (Lipinski definition) is 1. The molecule has 1 saturated heterocycles. The number of rotatable bonds is 5. The molecule has 0 radical (unpaired) electrons. The topological polar surface area (TPSA) is 49.4 Å². The highest BCUT2D eigenvalue weighted by atomic mass is 19.4. The standard InChI is InChI=1S/C17H19F3N2O2/c18-17(19,20)14(13-6-2-1-3-7-13)12-15(23)21-9-8-16(24)22-10-4-5-11-22/h1-3,6-7,12H,4-5,8-11H2,(H,21,23)/b14-12-. The molecule has 2 amide bonds. The third-order valence-electron chi connectivity index (χ3n) is 3.76. The molecule has 130 valence electrons. The van der Waals surface area contributed by atoms with Gasteiger partial charge in [0.05, 0.1) is 5.57 Å². The molecule has 1 heterocycles. The molecule has 1 aromatic carbocycles. The Morgan fingerprint density at radius 3 is 2.33 bits per heavy atom. The van der Waals surface area contributed by atoms with Gasteiger partial charge in [0.1, 0.15) is 0 Å². The molecule has 0 aromatic heterocycles. The van der Waals surface area contributed by atoms with Crippen molar-refractivity contribution < 1.29 is 22.8 Å². The summed E-state index contributed by atoms with van der Waals surface area (Å²) in [6.07, 6.45) is -2.08. The van der Waals surface area contributed by atoms with E-state index in [2.05, 4.69) is 5.32 Å². The van der Waals surface area contributed by atoms with E-state index in [0.29, 0.717) is 19.2 Å². The molecule has 0 saturated carbocycles. The van der Waals surface area contributed by atoms with Gasteiger partial charge in [0.15, 0.2) is 0 Å². The molecular formula is C17H19F3N2O2. The zero-order chi connectivity index (χ0) is 17.6. The van der Waals surface area contributed by atoms with E-state index in [1.165, 1.54) is 24.3 Å². The van der Waals surface area contributed by atoms with Gasteiger partial charge in [-0.3, -0.25) is 9.59 Å². The largest absolute Gasteiger partial charge is 0.417 e. The van der Waals surface area contributed by atoms with Crippen LogP contribution in [0.2, 0.25) is 0 Å². The summed E-state index contributed by atoms with van der Waals surface area (Å²) >= 11 is 0. The van der Waals surface area contributed by atoms with Crippen LogP contribution in [-0.2, 0) is 9.59 Å². The van der Waals surface area contributed by atoms with Crippen molar-refractivity contribution in [2.75, 3.05) is 19.6 Å². The molecule has 7 heteroatoms. The molecule has 0 bridgehead atoms. The van der Waals surface area contributed by atoms with Crippen LogP contribution in [0.4, 0.5) is 13.2 Å². The highest BCUT2D eigenvalue weighted by Crippen LogP contribution is 2.33. The van der Waals surface area contributed by atoms with Crippen molar-refractivity contribution in [2.45, 2.75) is 25.4 Å². The third kappa shape index (κ3) is 5.11. The van der Waals surface area contributed by atoms with Gasteiger partial charge in [-0.15, -0.1) is 0 Å². The molecule has 0 spiro atoms. The highest BCUT2D eigenvalue weighted by Gasteiger charge is 2.35. The number of allylic oxidation sites excluding steroid dienone is 1. The monoisotopic (exact) mass is 340 g/mol. The SMILES string of the molecule is O=C(/C=C(/c1ccccc1)C(F)(F)F)NCCC(=O)N1CCCC1. The lowest BCUT2D eigenvalue weighted by atomic mass is 10.1. The second kappa shape index (κ2) is 7.99. The third-order valence-corrected chi connectivity index (χ3v) is 3.76. The maximum Gasteiger partial charge on any atom is 0.417 e. The normalized spacial score (nSPS) is 15.5. The van der Waals surface area contributed by atoms with Gasteiger partial charge in [-0.2, -0.15) is 13.2 Å². The van der Waals surface area contributed by atoms with Crippen LogP contribution in [0.15, 0.2) is 36.4 Å². The van der Waals surface area contributed by atoms with Crippen LogP contribution in [0.1, 0.15) is 24.8 Å². The summed E-state index contributed by atoms with van der Waals surface area (Å²) < 4.78 is 39.3. The van der Waals surface area contributed by atoms with E-state index in [9.17, 15) is 22.8 Å². The summed E-state index contributed by atoms with van der Waals surface area (Å²) in [4.78, 5) is 25.3. The van der Waals surface area contributed by atoms with Crippen LogP contribution in [0.3, 0.4) is 0 Å². The Labute approximate surface area is 138 Å². The smallest absolute Gasteiger partial charge is 0.352 e. The predicted molar refractivity (Wildman–Crippen MR) is 83.9 cm³/mol. The summed E-state index contributed by atoms with van der Waals surface area (Å²) in [5.41, 5.74) is -1.08. The number of carbonyl (C=O) groups is 2. The lowest BCUT2D eigenvalue weighted by Crippen LogP contribution is -2.32. The van der Waals surface area contributed by atoms with Gasteiger partial charge in [0.25, 0.3) is 0 Å². The molecular weight excluding hydrogens is 321 g/mol. The minimum absolute atomic E-state index is 0.0184. The van der Waals surface area contributed by atoms with E-state index in [1.807, 2.05) is 0 Å². The Morgan fingerprint density at radius 2 is 1.75 bits per heavy atom. The van der Waals surface area contributed by atoms with Gasteiger partial charge in [0, 0.05) is 32.1 Å². The Bertz CT molecular complexity index is 606. The van der Waals surface area contributed by atoms with Crippen LogP contribution in [-0.4, -0.2) is 42.5 Å². The van der Waals surface area contributed by atoms with Crippen LogP contribution in [0.25, 0.3) is 5.57 Å². The number of amides is 2. The molecule has 1 aromatic rings. The number of likely N-dealkylation sites (tertiary alicyclic amines) is 1. The maximum atomic E-state index is 13.1. The van der Waals surface area contributed by atoms with E-state index in [1.54, 1.807) is 11.0 Å². The van der Waals surface area contributed by atoms with Crippen molar-refractivity contribution in [1.29, 1.82) is 0 Å². The summed E-state index contributed by atoms with van der Waals surface area (Å²) in [5, 5.41) is 2.35. The number of carbonyl (C=O) groups excluding carboxylic acids is 2. The summed E-state index contributed by atoms with van der Waals surface area (Å²) in [5.74, 6) is -0.948. The molecule has 0 atom stereocenters. The van der Waals surface area contributed by atoms with Crippen LogP contribution < -0.4 is 5.32 Å². The number of nitrogens with zero attached hydrogens (tertiary/aromatic N) is 1. The van der Waals surface area contributed by atoms with Gasteiger partial charge < -0.3 is 10.2 Å². The number of nitrogens with one attached hydrogen (secondary N) is 1. The average molecular weight is 340 g/mol. The van der Waals surface area contributed by atoms with Crippen LogP contribution >= 0.6 is 0 Å². The van der Waals surface area contributed by atoms with Crippen molar-refractivity contribution in [3.63, 3.8) is 0 Å². The summed E-state index contributed by atoms with van der Waals surface area (Å²) in [7, 11) is 0. The van der Waals surface area contributed by atoms with Gasteiger partial charge >= 0.3 is 6.18 Å². The van der Waals surface area contributed by atoms with Crippen LogP contribution in [0, 0.1) is 0 Å². The highest BCUT2D eigenvalue weighted by molar-refractivity contribution is 5.96. The number of alkyl halides is 3. The Morgan fingerprint density at radius 1 is 1.12 bits per heavy atom. The zero-order valence-electron chi connectivity index (χ0n) is 13.1.